The maximum absolute atomic E-state index is 13.9. The van der Waals surface area contributed by atoms with Gasteiger partial charge < -0.3 is 15.0 Å². The lowest BCUT2D eigenvalue weighted by Gasteiger charge is -2.33. The minimum Gasteiger partial charge on any atom is -0.494 e. The highest BCUT2D eigenvalue weighted by atomic mass is 35.5. The number of benzene rings is 3. The second-order valence-electron chi connectivity index (χ2n) is 8.55. The molecule has 0 aliphatic heterocycles. The Kier molecular flexibility index (Phi) is 10.6. The van der Waals surface area contributed by atoms with E-state index in [1.165, 1.54) is 24.1 Å². The van der Waals surface area contributed by atoms with Gasteiger partial charge in [0.2, 0.25) is 11.8 Å². The highest BCUT2D eigenvalue weighted by Gasteiger charge is 2.33. The van der Waals surface area contributed by atoms with Gasteiger partial charge in [0, 0.05) is 23.6 Å². The Morgan fingerprint density at radius 3 is 2.21 bits per heavy atom. The summed E-state index contributed by atoms with van der Waals surface area (Å²) in [4.78, 5) is 28.0. The van der Waals surface area contributed by atoms with Crippen molar-refractivity contribution in [2.75, 3.05) is 24.5 Å². The summed E-state index contributed by atoms with van der Waals surface area (Å²) in [5.74, 6) is -0.424. The minimum atomic E-state index is -4.17. The second-order valence-corrected chi connectivity index (χ2v) is 11.3. The van der Waals surface area contributed by atoms with Crippen molar-refractivity contribution >= 4 is 50.7 Å². The van der Waals surface area contributed by atoms with Crippen molar-refractivity contribution in [1.82, 2.24) is 10.2 Å². The molecule has 8 nitrogen and oxygen atoms in total. The van der Waals surface area contributed by atoms with E-state index in [1.807, 2.05) is 6.92 Å². The van der Waals surface area contributed by atoms with Gasteiger partial charge in [-0.1, -0.05) is 54.4 Å². The first-order valence-corrected chi connectivity index (χ1v) is 14.6. The largest absolute Gasteiger partial charge is 0.494 e. The predicted molar refractivity (Wildman–Crippen MR) is 154 cm³/mol. The van der Waals surface area contributed by atoms with Gasteiger partial charge >= 0.3 is 0 Å². The van der Waals surface area contributed by atoms with Crippen molar-refractivity contribution in [2.45, 2.75) is 37.8 Å². The van der Waals surface area contributed by atoms with Crippen molar-refractivity contribution in [2.24, 2.45) is 0 Å². The van der Waals surface area contributed by atoms with Crippen LogP contribution in [0.5, 0.6) is 5.75 Å². The molecular weight excluding hydrogens is 561 g/mol. The summed E-state index contributed by atoms with van der Waals surface area (Å²) in [6.45, 7) is 3.48. The molecule has 0 radical (unpaired) electrons. The normalized spacial score (nSPS) is 11.9. The number of nitrogens with zero attached hydrogens (tertiary/aromatic N) is 2. The molecule has 0 saturated carbocycles. The van der Waals surface area contributed by atoms with E-state index >= 15 is 0 Å². The lowest BCUT2D eigenvalue weighted by Crippen LogP contribution is -2.51. The van der Waals surface area contributed by atoms with Crippen LogP contribution in [0, 0.1) is 0 Å². The molecule has 0 aromatic heterocycles. The summed E-state index contributed by atoms with van der Waals surface area (Å²) < 4.78 is 34.2. The van der Waals surface area contributed by atoms with Crippen LogP contribution in [0.1, 0.15) is 25.8 Å². The molecule has 0 heterocycles. The topological polar surface area (TPSA) is 96.0 Å². The molecule has 3 rings (SSSR count). The SMILES string of the molecule is CCOc1ccc(S(=O)(=O)N(CC(=O)N(Cc2ccc(Cl)cc2Cl)[C@H](CC)C(=O)NC)c2ccccc2)cc1. The Balaban J connectivity index is 2.04. The zero-order valence-electron chi connectivity index (χ0n) is 21.9. The molecule has 3 aromatic carbocycles. The number of ether oxygens (including phenoxy) is 1. The molecule has 0 spiro atoms. The number of sulfonamides is 1. The van der Waals surface area contributed by atoms with Gasteiger partial charge in [-0.3, -0.25) is 13.9 Å². The summed E-state index contributed by atoms with van der Waals surface area (Å²) >= 11 is 12.4. The van der Waals surface area contributed by atoms with E-state index in [0.29, 0.717) is 40.1 Å². The molecule has 11 heteroatoms. The van der Waals surface area contributed by atoms with Crippen molar-refractivity contribution in [3.63, 3.8) is 0 Å². The maximum Gasteiger partial charge on any atom is 0.264 e. The molecule has 0 bridgehead atoms. The van der Waals surface area contributed by atoms with E-state index in [2.05, 4.69) is 5.32 Å². The first-order valence-electron chi connectivity index (χ1n) is 12.4. The summed E-state index contributed by atoms with van der Waals surface area (Å²) in [5.41, 5.74) is 0.870. The lowest BCUT2D eigenvalue weighted by atomic mass is 10.1. The number of para-hydroxylation sites is 1. The molecule has 0 fully saturated rings. The van der Waals surface area contributed by atoms with Crippen LogP contribution in [0.25, 0.3) is 0 Å². The first kappa shape index (κ1) is 30.3. The Labute approximate surface area is 239 Å². The summed E-state index contributed by atoms with van der Waals surface area (Å²) in [7, 11) is -2.69. The average molecular weight is 593 g/mol. The molecule has 0 aliphatic rings. The van der Waals surface area contributed by atoms with Gasteiger partial charge in [-0.15, -0.1) is 0 Å². The van der Waals surface area contributed by atoms with Crippen LogP contribution in [0.4, 0.5) is 5.69 Å². The van der Waals surface area contributed by atoms with E-state index in [-0.39, 0.29) is 17.3 Å². The van der Waals surface area contributed by atoms with Gasteiger partial charge in [0.25, 0.3) is 10.0 Å². The molecular formula is C28H31Cl2N3O5S. The molecule has 1 atom stereocenters. The standard InChI is InChI=1S/C28H31Cl2N3O5S/c1-4-26(28(35)31-3)32(18-20-11-12-21(29)17-25(20)30)27(34)19-33(22-9-7-6-8-10-22)39(36,37)24-15-13-23(14-16-24)38-5-2/h6-17,26H,4-5,18-19H2,1-3H3,(H,31,35)/t26-/m1/s1. The van der Waals surface area contributed by atoms with E-state index < -0.39 is 28.5 Å². The van der Waals surface area contributed by atoms with Crippen LogP contribution >= 0.6 is 23.2 Å². The number of halogens is 2. The van der Waals surface area contributed by atoms with Crippen LogP contribution in [0.2, 0.25) is 10.0 Å². The number of hydrogen-bond acceptors (Lipinski definition) is 5. The fourth-order valence-corrected chi connectivity index (χ4v) is 5.93. The fraction of sp³-hybridized carbons (Fsp3) is 0.286. The van der Waals surface area contributed by atoms with Crippen LogP contribution in [-0.4, -0.2) is 51.4 Å². The number of carbonyl (C=O) groups excluding carboxylic acids is 2. The lowest BCUT2D eigenvalue weighted by molar-refractivity contribution is -0.140. The molecule has 0 aliphatic carbocycles. The van der Waals surface area contributed by atoms with Crippen molar-refractivity contribution in [3.8, 4) is 5.75 Å². The summed E-state index contributed by atoms with van der Waals surface area (Å²) in [5, 5.41) is 3.34. The number of rotatable bonds is 12. The number of hydrogen-bond donors (Lipinski definition) is 1. The van der Waals surface area contributed by atoms with Crippen LogP contribution < -0.4 is 14.4 Å². The van der Waals surface area contributed by atoms with E-state index in [0.717, 1.165) is 4.31 Å². The summed E-state index contributed by atoms with van der Waals surface area (Å²) in [6, 6.07) is 18.3. The molecule has 0 saturated heterocycles. The van der Waals surface area contributed by atoms with Gasteiger partial charge in [-0.2, -0.15) is 0 Å². The van der Waals surface area contributed by atoms with Crippen LogP contribution in [0.15, 0.2) is 77.7 Å². The molecule has 2 amide bonds. The second kappa shape index (κ2) is 13.7. The Morgan fingerprint density at radius 1 is 0.974 bits per heavy atom. The highest BCUT2D eigenvalue weighted by Crippen LogP contribution is 2.27. The van der Waals surface area contributed by atoms with Gasteiger partial charge in [0.1, 0.15) is 18.3 Å². The van der Waals surface area contributed by atoms with Gasteiger partial charge in [-0.25, -0.2) is 8.42 Å². The number of likely N-dealkylation sites (N-methyl/N-ethyl adjacent to an activating group) is 1. The highest BCUT2D eigenvalue weighted by molar-refractivity contribution is 7.92. The molecule has 208 valence electrons. The third-order valence-electron chi connectivity index (χ3n) is 6.03. The van der Waals surface area contributed by atoms with Crippen LogP contribution in [-0.2, 0) is 26.2 Å². The molecule has 3 aromatic rings. The number of anilines is 1. The monoisotopic (exact) mass is 591 g/mol. The Hall–Kier alpha value is -3.27. The summed E-state index contributed by atoms with van der Waals surface area (Å²) in [6.07, 6.45) is 0.299. The van der Waals surface area contributed by atoms with Gasteiger partial charge in [-0.05, 0) is 67.4 Å². The van der Waals surface area contributed by atoms with Crippen molar-refractivity contribution in [1.29, 1.82) is 0 Å². The minimum absolute atomic E-state index is 0.00626. The Bertz CT molecular complexity index is 1390. The molecule has 0 unspecified atom stereocenters. The Morgan fingerprint density at radius 2 is 1.64 bits per heavy atom. The fourth-order valence-electron chi connectivity index (χ4n) is 4.04. The molecule has 39 heavy (non-hydrogen) atoms. The zero-order chi connectivity index (χ0) is 28.6. The van der Waals surface area contributed by atoms with E-state index in [9.17, 15) is 18.0 Å². The average Bonchev–Trinajstić information content (AvgIpc) is 2.93. The third kappa shape index (κ3) is 7.44. The maximum atomic E-state index is 13.9. The third-order valence-corrected chi connectivity index (χ3v) is 8.41. The van der Waals surface area contributed by atoms with E-state index in [4.69, 9.17) is 27.9 Å². The zero-order valence-corrected chi connectivity index (χ0v) is 24.3. The van der Waals surface area contributed by atoms with Gasteiger partial charge in [0.15, 0.2) is 0 Å². The quantitative estimate of drug-likeness (QED) is 0.314. The molecule has 1 N–H and O–H groups in total. The number of nitrogens with one attached hydrogen (secondary N) is 1. The van der Waals surface area contributed by atoms with E-state index in [1.54, 1.807) is 67.6 Å². The van der Waals surface area contributed by atoms with Crippen molar-refractivity contribution < 1.29 is 22.7 Å². The van der Waals surface area contributed by atoms with Crippen molar-refractivity contribution in [3.05, 3.63) is 88.4 Å². The first-order chi connectivity index (χ1) is 18.6. The van der Waals surface area contributed by atoms with Crippen LogP contribution in [0.3, 0.4) is 0 Å². The number of amides is 2. The number of carbonyl (C=O) groups is 2. The smallest absolute Gasteiger partial charge is 0.264 e. The van der Waals surface area contributed by atoms with Gasteiger partial charge in [0.05, 0.1) is 17.2 Å². The predicted octanol–water partition coefficient (Wildman–Crippen LogP) is 5.14.